The molecule has 1 N–H and O–H groups in total. The van der Waals surface area contributed by atoms with Gasteiger partial charge in [-0.3, -0.25) is 9.59 Å². The number of amides is 2. The quantitative estimate of drug-likeness (QED) is 0.384. The van der Waals surface area contributed by atoms with E-state index >= 15 is 0 Å². The number of hydrogen-bond acceptors (Lipinski definition) is 4. The van der Waals surface area contributed by atoms with Gasteiger partial charge in [-0.2, -0.15) is 0 Å². The summed E-state index contributed by atoms with van der Waals surface area (Å²) < 4.78 is 10.9. The molecule has 2 aromatic rings. The van der Waals surface area contributed by atoms with E-state index in [1.54, 1.807) is 30.2 Å². The highest BCUT2D eigenvalue weighted by atomic mass is 35.5. The predicted octanol–water partition coefficient (Wildman–Crippen LogP) is 5.88. The third-order valence-electron chi connectivity index (χ3n) is 5.14. The van der Waals surface area contributed by atoms with Gasteiger partial charge in [-0.1, -0.05) is 36.2 Å². The molecule has 0 unspecified atom stereocenters. The van der Waals surface area contributed by atoms with Gasteiger partial charge in [0, 0.05) is 34.1 Å². The van der Waals surface area contributed by atoms with Crippen molar-refractivity contribution in [2.24, 2.45) is 0 Å². The zero-order valence-corrected chi connectivity index (χ0v) is 22.0. The molecule has 1 atom stereocenters. The maximum Gasteiger partial charge on any atom is 0.243 e. The van der Waals surface area contributed by atoms with Crippen LogP contribution in [0.5, 0.6) is 11.5 Å². The Kier molecular flexibility index (Phi) is 10.5. The molecule has 34 heavy (non-hydrogen) atoms. The summed E-state index contributed by atoms with van der Waals surface area (Å²) >= 11 is 12.8. The third kappa shape index (κ3) is 8.41. The molecule has 0 aromatic heterocycles. The molecule has 2 rings (SSSR count). The van der Waals surface area contributed by atoms with Crippen LogP contribution in [-0.2, 0) is 16.1 Å². The molecule has 0 aliphatic rings. The number of methoxy groups -OCH3 is 1. The van der Waals surface area contributed by atoms with Gasteiger partial charge in [-0.05, 0) is 70.0 Å². The van der Waals surface area contributed by atoms with Gasteiger partial charge in [0.1, 0.15) is 17.5 Å². The van der Waals surface area contributed by atoms with E-state index in [0.29, 0.717) is 40.8 Å². The molecular weight excluding hydrogens is 475 g/mol. The Balaban J connectivity index is 2.13. The van der Waals surface area contributed by atoms with Gasteiger partial charge in [-0.25, -0.2) is 0 Å². The van der Waals surface area contributed by atoms with Crippen LogP contribution in [0.2, 0.25) is 10.0 Å². The molecule has 0 aliphatic heterocycles. The normalized spacial score (nSPS) is 12.1. The lowest BCUT2D eigenvalue weighted by Gasteiger charge is -2.33. The van der Waals surface area contributed by atoms with E-state index in [2.05, 4.69) is 5.32 Å². The minimum atomic E-state index is -0.651. The molecule has 0 saturated heterocycles. The molecule has 0 aliphatic carbocycles. The summed E-state index contributed by atoms with van der Waals surface area (Å²) in [6.45, 7) is 8.12. The molecule has 0 radical (unpaired) electrons. The smallest absolute Gasteiger partial charge is 0.243 e. The summed E-state index contributed by atoms with van der Waals surface area (Å²) in [6, 6.07) is 11.8. The van der Waals surface area contributed by atoms with E-state index in [1.807, 2.05) is 52.0 Å². The Hall–Kier alpha value is -2.44. The van der Waals surface area contributed by atoms with Crippen molar-refractivity contribution in [1.82, 2.24) is 10.2 Å². The van der Waals surface area contributed by atoms with Crippen molar-refractivity contribution in [2.75, 3.05) is 13.7 Å². The zero-order valence-electron chi connectivity index (χ0n) is 20.5. The van der Waals surface area contributed by atoms with Gasteiger partial charge in [0.05, 0.1) is 13.7 Å². The summed E-state index contributed by atoms with van der Waals surface area (Å²) in [6.07, 6.45) is 1.17. The molecule has 2 amide bonds. The second kappa shape index (κ2) is 12.9. The first-order valence-corrected chi connectivity index (χ1v) is 12.1. The summed E-state index contributed by atoms with van der Waals surface area (Å²) in [5, 5.41) is 3.90. The van der Waals surface area contributed by atoms with Crippen LogP contribution in [0, 0.1) is 0 Å². The fourth-order valence-corrected chi connectivity index (χ4v) is 3.97. The fraction of sp³-hybridized carbons (Fsp3) is 0.462. The largest absolute Gasteiger partial charge is 0.497 e. The van der Waals surface area contributed by atoms with Gasteiger partial charge in [-0.15, -0.1) is 0 Å². The summed E-state index contributed by atoms with van der Waals surface area (Å²) in [5.74, 6) is 1.07. The van der Waals surface area contributed by atoms with Crippen molar-refractivity contribution in [2.45, 2.75) is 65.1 Å². The predicted molar refractivity (Wildman–Crippen MR) is 137 cm³/mol. The van der Waals surface area contributed by atoms with Gasteiger partial charge >= 0.3 is 0 Å². The average molecular weight is 509 g/mol. The standard InChI is InChI=1S/C26H34Cl2N2O4/c1-6-23(25(32)29-26(2,3)4)30(17-20-21(27)9-7-10-22(20)28)24(31)11-8-16-34-19-14-12-18(33-5)13-15-19/h7,9-10,12-15,23H,6,8,11,16-17H2,1-5H3,(H,29,32)/t23-/m1/s1. The van der Waals surface area contributed by atoms with Crippen LogP contribution in [0.4, 0.5) is 0 Å². The molecule has 186 valence electrons. The summed E-state index contributed by atoms with van der Waals surface area (Å²) in [7, 11) is 1.61. The van der Waals surface area contributed by atoms with Crippen molar-refractivity contribution >= 4 is 35.0 Å². The maximum atomic E-state index is 13.3. The number of nitrogens with zero attached hydrogens (tertiary/aromatic N) is 1. The monoisotopic (exact) mass is 508 g/mol. The topological polar surface area (TPSA) is 67.9 Å². The van der Waals surface area contributed by atoms with Crippen molar-refractivity contribution in [3.05, 3.63) is 58.1 Å². The fourth-order valence-electron chi connectivity index (χ4n) is 3.46. The molecule has 2 aromatic carbocycles. The lowest BCUT2D eigenvalue weighted by molar-refractivity contribution is -0.142. The number of carbonyl (C=O) groups is 2. The first-order chi connectivity index (χ1) is 16.1. The highest BCUT2D eigenvalue weighted by Crippen LogP contribution is 2.27. The van der Waals surface area contributed by atoms with Crippen LogP contribution in [0.15, 0.2) is 42.5 Å². The zero-order chi connectivity index (χ0) is 25.3. The number of ether oxygens (including phenoxy) is 2. The van der Waals surface area contributed by atoms with Crippen LogP contribution in [0.25, 0.3) is 0 Å². The van der Waals surface area contributed by atoms with Crippen molar-refractivity contribution in [3.63, 3.8) is 0 Å². The van der Waals surface area contributed by atoms with Crippen molar-refractivity contribution in [3.8, 4) is 11.5 Å². The first-order valence-electron chi connectivity index (χ1n) is 11.4. The molecule has 8 heteroatoms. The van der Waals surface area contributed by atoms with E-state index in [-0.39, 0.29) is 24.8 Å². The van der Waals surface area contributed by atoms with Crippen LogP contribution in [0.1, 0.15) is 52.5 Å². The third-order valence-corrected chi connectivity index (χ3v) is 5.85. The Labute approximate surface area is 212 Å². The molecule has 0 heterocycles. The van der Waals surface area contributed by atoms with Crippen molar-refractivity contribution < 1.29 is 19.1 Å². The van der Waals surface area contributed by atoms with E-state index in [0.717, 1.165) is 5.75 Å². The molecule has 0 bridgehead atoms. The second-order valence-corrected chi connectivity index (χ2v) is 9.83. The number of carbonyl (C=O) groups excluding carboxylic acids is 2. The first kappa shape index (κ1) is 27.8. The SMILES string of the molecule is CC[C@H](C(=O)NC(C)(C)C)N(Cc1c(Cl)cccc1Cl)C(=O)CCCOc1ccc(OC)cc1. The highest BCUT2D eigenvalue weighted by Gasteiger charge is 2.31. The Morgan fingerprint density at radius 3 is 2.15 bits per heavy atom. The lowest BCUT2D eigenvalue weighted by atomic mass is 10.0. The van der Waals surface area contributed by atoms with E-state index in [9.17, 15) is 9.59 Å². The molecular formula is C26H34Cl2N2O4. The molecule has 0 saturated carbocycles. The van der Waals surface area contributed by atoms with Gasteiger partial charge in [0.25, 0.3) is 0 Å². The van der Waals surface area contributed by atoms with Gasteiger partial charge in [0.2, 0.25) is 11.8 Å². The number of hydrogen-bond donors (Lipinski definition) is 1. The number of rotatable bonds is 11. The average Bonchev–Trinajstić information content (AvgIpc) is 2.77. The van der Waals surface area contributed by atoms with Gasteiger partial charge in [0.15, 0.2) is 0 Å². The number of benzene rings is 2. The van der Waals surface area contributed by atoms with E-state index < -0.39 is 11.6 Å². The maximum absolute atomic E-state index is 13.3. The molecule has 0 spiro atoms. The molecule has 0 fully saturated rings. The highest BCUT2D eigenvalue weighted by molar-refractivity contribution is 6.36. The van der Waals surface area contributed by atoms with Crippen LogP contribution in [0.3, 0.4) is 0 Å². The summed E-state index contributed by atoms with van der Waals surface area (Å²) in [4.78, 5) is 28.0. The van der Waals surface area contributed by atoms with Crippen molar-refractivity contribution in [1.29, 1.82) is 0 Å². The van der Waals surface area contributed by atoms with Crippen LogP contribution in [-0.4, -0.2) is 42.0 Å². The minimum absolute atomic E-state index is 0.146. The minimum Gasteiger partial charge on any atom is -0.497 e. The van der Waals surface area contributed by atoms with Crippen LogP contribution >= 0.6 is 23.2 Å². The van der Waals surface area contributed by atoms with Crippen LogP contribution < -0.4 is 14.8 Å². The summed E-state index contributed by atoms with van der Waals surface area (Å²) in [5.41, 5.74) is 0.198. The Morgan fingerprint density at radius 2 is 1.62 bits per heavy atom. The Bertz CT molecular complexity index is 938. The lowest BCUT2D eigenvalue weighted by Crippen LogP contribution is -2.53. The Morgan fingerprint density at radius 1 is 1.03 bits per heavy atom. The second-order valence-electron chi connectivity index (χ2n) is 9.01. The number of halogens is 2. The van der Waals surface area contributed by atoms with Gasteiger partial charge < -0.3 is 19.7 Å². The molecule has 6 nitrogen and oxygen atoms in total. The number of nitrogens with one attached hydrogen (secondary N) is 1. The van der Waals surface area contributed by atoms with E-state index in [4.69, 9.17) is 32.7 Å². The van der Waals surface area contributed by atoms with E-state index in [1.165, 1.54) is 0 Å².